The molecule has 0 aliphatic heterocycles. The fourth-order valence-electron chi connectivity index (χ4n) is 3.00. The number of benzene rings is 3. The van der Waals surface area contributed by atoms with Gasteiger partial charge >= 0.3 is 0 Å². The van der Waals surface area contributed by atoms with Gasteiger partial charge in [0, 0.05) is 0 Å². The molecule has 3 aromatic carbocycles. The van der Waals surface area contributed by atoms with E-state index in [0.717, 1.165) is 0 Å². The maximum absolute atomic E-state index is 7.41. The third-order valence-corrected chi connectivity index (χ3v) is 10.4. The highest BCUT2D eigenvalue weighted by Crippen LogP contribution is 2.29. The lowest BCUT2D eigenvalue weighted by molar-refractivity contribution is 1.05. The fourth-order valence-corrected chi connectivity index (χ4v) is 7.47. The van der Waals surface area contributed by atoms with Gasteiger partial charge in [-0.2, -0.15) is 11.1 Å². The molecule has 0 nitrogen and oxygen atoms in total. The summed E-state index contributed by atoms with van der Waals surface area (Å²) in [5.41, 5.74) is 1.59. The molecule has 0 saturated heterocycles. The lowest BCUT2D eigenvalue weighted by Crippen LogP contribution is -2.57. The van der Waals surface area contributed by atoms with E-state index in [-0.39, 0.29) is 0 Å². The van der Waals surface area contributed by atoms with Crippen molar-refractivity contribution < 1.29 is 0 Å². The van der Waals surface area contributed by atoms with Gasteiger partial charge in [0.15, 0.2) is 0 Å². The molecule has 0 heterocycles. The molecule has 1 unspecified atom stereocenters. The smallest absolute Gasteiger partial charge is 0.154 e. The zero-order chi connectivity index (χ0) is 15.4. The Labute approximate surface area is 138 Å². The maximum atomic E-state index is 7.41. The molecule has 0 bridgehead atoms. The molecule has 2 heteroatoms. The Morgan fingerprint density at radius 2 is 1.00 bits per heavy atom. The Kier molecular flexibility index (Phi) is 4.46. The van der Waals surface area contributed by atoms with Gasteiger partial charge in [0.1, 0.15) is 0 Å². The van der Waals surface area contributed by atoms with Crippen LogP contribution in [0.4, 0.5) is 0 Å². The summed E-state index contributed by atoms with van der Waals surface area (Å²) in [5, 5.41) is 2.53. The van der Waals surface area contributed by atoms with E-state index in [2.05, 4.69) is 85.8 Å². The lowest BCUT2D eigenvalue weighted by atomic mass is 10.2. The zero-order valence-corrected chi connectivity index (χ0v) is 14.4. The van der Waals surface area contributed by atoms with Crippen LogP contribution in [0.15, 0.2) is 91.0 Å². The summed E-state index contributed by atoms with van der Waals surface area (Å²) < 4.78 is 0. The van der Waals surface area contributed by atoms with Gasteiger partial charge in [0.05, 0.1) is 0 Å². The second-order valence-corrected chi connectivity index (χ2v) is 10.8. The number of halogens is 1. The standard InChI is InChI=1S/C20H19ClSi/c1-17(18-11-5-2-6-12-18)22(21,19-13-7-3-8-14-19)20-15-9-4-10-16-20/h2-17H,1H3. The first-order valence-electron chi connectivity index (χ1n) is 7.58. The van der Waals surface area contributed by atoms with E-state index in [0.29, 0.717) is 5.54 Å². The van der Waals surface area contributed by atoms with Crippen LogP contribution in [-0.4, -0.2) is 7.38 Å². The average Bonchev–Trinajstić information content (AvgIpc) is 2.62. The van der Waals surface area contributed by atoms with Crippen molar-refractivity contribution in [1.29, 1.82) is 0 Å². The van der Waals surface area contributed by atoms with Crippen LogP contribution in [0, 0.1) is 0 Å². The van der Waals surface area contributed by atoms with E-state index in [1.807, 2.05) is 12.1 Å². The first kappa shape index (κ1) is 15.1. The molecule has 110 valence electrons. The minimum Gasteiger partial charge on any atom is -0.154 e. The predicted molar refractivity (Wildman–Crippen MR) is 98.6 cm³/mol. The Hall–Kier alpha value is -1.83. The summed E-state index contributed by atoms with van der Waals surface area (Å²) in [5.74, 6) is 0. The maximum Gasteiger partial charge on any atom is 0.224 e. The van der Waals surface area contributed by atoms with Crippen molar-refractivity contribution in [3.8, 4) is 0 Å². The molecule has 3 rings (SSSR count). The van der Waals surface area contributed by atoms with Crippen molar-refractivity contribution in [2.45, 2.75) is 12.5 Å². The second-order valence-electron chi connectivity index (χ2n) is 5.58. The van der Waals surface area contributed by atoms with E-state index in [9.17, 15) is 0 Å². The molecule has 0 saturated carbocycles. The highest BCUT2D eigenvalue weighted by molar-refractivity contribution is 7.34. The molecule has 0 N–H and O–H groups in total. The quantitative estimate of drug-likeness (QED) is 0.495. The van der Waals surface area contributed by atoms with Crippen molar-refractivity contribution in [3.05, 3.63) is 96.6 Å². The van der Waals surface area contributed by atoms with Gasteiger partial charge in [-0.3, -0.25) is 0 Å². The van der Waals surface area contributed by atoms with Gasteiger partial charge < -0.3 is 0 Å². The van der Waals surface area contributed by atoms with E-state index in [4.69, 9.17) is 11.1 Å². The SMILES string of the molecule is CC(c1ccccc1)[Si](Cl)(c1ccccc1)c1ccccc1. The monoisotopic (exact) mass is 322 g/mol. The summed E-state index contributed by atoms with van der Waals surface area (Å²) >= 11 is 7.41. The van der Waals surface area contributed by atoms with Crippen molar-refractivity contribution >= 4 is 28.8 Å². The molecule has 0 fully saturated rings. The molecule has 0 aromatic heterocycles. The van der Waals surface area contributed by atoms with Crippen molar-refractivity contribution in [2.75, 3.05) is 0 Å². The number of rotatable bonds is 4. The minimum atomic E-state index is -2.37. The van der Waals surface area contributed by atoms with Crippen LogP contribution in [-0.2, 0) is 0 Å². The molecule has 0 spiro atoms. The Balaban J connectivity index is 2.16. The number of hydrogen-bond donors (Lipinski definition) is 0. The average molecular weight is 323 g/mol. The van der Waals surface area contributed by atoms with E-state index < -0.39 is 7.38 Å². The van der Waals surface area contributed by atoms with Crippen LogP contribution in [0.3, 0.4) is 0 Å². The Morgan fingerprint density at radius 3 is 1.41 bits per heavy atom. The van der Waals surface area contributed by atoms with Crippen LogP contribution in [0.2, 0.25) is 0 Å². The van der Waals surface area contributed by atoms with Crippen molar-refractivity contribution in [3.63, 3.8) is 0 Å². The summed E-state index contributed by atoms with van der Waals surface area (Å²) in [7, 11) is -2.37. The third-order valence-electron chi connectivity index (χ3n) is 4.28. The molecule has 3 aromatic rings. The van der Waals surface area contributed by atoms with Gasteiger partial charge in [-0.15, -0.1) is 0 Å². The lowest BCUT2D eigenvalue weighted by Gasteiger charge is -2.32. The first-order chi connectivity index (χ1) is 10.7. The highest BCUT2D eigenvalue weighted by Gasteiger charge is 2.41. The van der Waals surface area contributed by atoms with Gasteiger partial charge in [-0.05, 0) is 21.5 Å². The van der Waals surface area contributed by atoms with Gasteiger partial charge in [0.25, 0.3) is 0 Å². The van der Waals surface area contributed by atoms with Crippen molar-refractivity contribution in [1.82, 2.24) is 0 Å². The molecule has 0 aliphatic carbocycles. The first-order valence-corrected chi connectivity index (χ1v) is 10.7. The van der Waals surface area contributed by atoms with Gasteiger partial charge in [-0.1, -0.05) is 97.9 Å². The summed E-state index contributed by atoms with van der Waals surface area (Å²) in [6.45, 7) is 2.26. The molecule has 0 aliphatic rings. The normalized spacial score (nSPS) is 12.8. The van der Waals surface area contributed by atoms with Gasteiger partial charge in [0.2, 0.25) is 7.38 Å². The molecule has 0 amide bonds. The van der Waals surface area contributed by atoms with Crippen LogP contribution in [0.5, 0.6) is 0 Å². The van der Waals surface area contributed by atoms with Crippen LogP contribution >= 0.6 is 11.1 Å². The van der Waals surface area contributed by atoms with E-state index in [1.165, 1.54) is 15.9 Å². The molecule has 0 radical (unpaired) electrons. The van der Waals surface area contributed by atoms with Crippen molar-refractivity contribution in [2.24, 2.45) is 0 Å². The summed E-state index contributed by atoms with van der Waals surface area (Å²) in [4.78, 5) is 0. The molecule has 22 heavy (non-hydrogen) atoms. The predicted octanol–water partition coefficient (Wildman–Crippen LogP) is 4.33. The second kappa shape index (κ2) is 6.51. The molecular weight excluding hydrogens is 304 g/mol. The largest absolute Gasteiger partial charge is 0.224 e. The third kappa shape index (κ3) is 2.74. The topological polar surface area (TPSA) is 0 Å². The summed E-state index contributed by atoms with van der Waals surface area (Å²) in [6, 6.07) is 31.7. The van der Waals surface area contributed by atoms with Gasteiger partial charge in [-0.25, -0.2) is 0 Å². The molecular formula is C20H19ClSi. The summed E-state index contributed by atoms with van der Waals surface area (Å²) in [6.07, 6.45) is 0. The highest BCUT2D eigenvalue weighted by atomic mass is 35.6. The van der Waals surface area contributed by atoms with Crippen LogP contribution in [0.25, 0.3) is 0 Å². The van der Waals surface area contributed by atoms with E-state index >= 15 is 0 Å². The number of hydrogen-bond acceptors (Lipinski definition) is 0. The Bertz CT molecular complexity index is 671. The molecule has 1 atom stereocenters. The van der Waals surface area contributed by atoms with E-state index in [1.54, 1.807) is 0 Å². The minimum absolute atomic E-state index is 0.292. The van der Waals surface area contributed by atoms with Crippen LogP contribution in [0.1, 0.15) is 18.0 Å². The Morgan fingerprint density at radius 1 is 0.636 bits per heavy atom. The van der Waals surface area contributed by atoms with Crippen LogP contribution < -0.4 is 10.4 Å². The zero-order valence-electron chi connectivity index (χ0n) is 12.6. The fraction of sp³-hybridized carbons (Fsp3) is 0.100.